The predicted octanol–water partition coefficient (Wildman–Crippen LogP) is 4.98. The molecule has 0 aliphatic carbocycles. The number of aryl methyl sites for hydroxylation is 1. The third-order valence-electron chi connectivity index (χ3n) is 5.38. The molecule has 0 N–H and O–H groups in total. The SMILES string of the molecule is COc1ccc(OC)c([C@H]2c3c(oc4ccc(Cl)cc4c3=O)C(=O)N2c2nc(C)cs2)c1. The zero-order chi connectivity index (χ0) is 22.6. The van der Waals surface area contributed by atoms with Crippen molar-refractivity contribution in [2.75, 3.05) is 19.1 Å². The highest BCUT2D eigenvalue weighted by molar-refractivity contribution is 7.14. The molecule has 0 saturated heterocycles. The molecule has 0 spiro atoms. The number of methoxy groups -OCH3 is 2. The monoisotopic (exact) mass is 468 g/mol. The third-order valence-corrected chi connectivity index (χ3v) is 6.57. The molecule has 5 rings (SSSR count). The number of nitrogens with zero attached hydrogens (tertiary/aromatic N) is 2. The Hall–Kier alpha value is -3.36. The first-order chi connectivity index (χ1) is 15.4. The van der Waals surface area contributed by atoms with E-state index in [-0.39, 0.29) is 16.8 Å². The second-order valence-electron chi connectivity index (χ2n) is 7.27. The Morgan fingerprint density at radius 1 is 1.12 bits per heavy atom. The van der Waals surface area contributed by atoms with E-state index in [1.807, 2.05) is 12.3 Å². The fraction of sp³-hybridized carbons (Fsp3) is 0.174. The number of halogens is 1. The van der Waals surface area contributed by atoms with Crippen LogP contribution in [0.25, 0.3) is 11.0 Å². The van der Waals surface area contributed by atoms with Crippen molar-refractivity contribution in [2.45, 2.75) is 13.0 Å². The first-order valence-electron chi connectivity index (χ1n) is 9.66. The topological polar surface area (TPSA) is 81.9 Å². The van der Waals surface area contributed by atoms with Crippen LogP contribution in [-0.4, -0.2) is 25.1 Å². The molecule has 0 saturated carbocycles. The number of ether oxygens (including phenoxy) is 2. The molecule has 1 atom stereocenters. The minimum Gasteiger partial charge on any atom is -0.497 e. The van der Waals surface area contributed by atoms with Crippen LogP contribution in [0.5, 0.6) is 11.5 Å². The van der Waals surface area contributed by atoms with Gasteiger partial charge in [-0.05, 0) is 43.3 Å². The smallest absolute Gasteiger partial charge is 0.297 e. The van der Waals surface area contributed by atoms with E-state index in [9.17, 15) is 9.59 Å². The maximum absolute atomic E-state index is 13.7. The van der Waals surface area contributed by atoms with Crippen molar-refractivity contribution in [1.29, 1.82) is 0 Å². The molecule has 0 unspecified atom stereocenters. The normalized spacial score (nSPS) is 15.3. The van der Waals surface area contributed by atoms with E-state index in [1.54, 1.807) is 43.5 Å². The molecule has 1 aliphatic heterocycles. The van der Waals surface area contributed by atoms with E-state index in [0.29, 0.717) is 38.2 Å². The number of amides is 1. The van der Waals surface area contributed by atoms with Crippen molar-refractivity contribution < 1.29 is 18.7 Å². The lowest BCUT2D eigenvalue weighted by Gasteiger charge is -2.24. The second kappa shape index (κ2) is 7.65. The summed E-state index contributed by atoms with van der Waals surface area (Å²) in [5.74, 6) is 0.594. The van der Waals surface area contributed by atoms with Gasteiger partial charge in [-0.15, -0.1) is 11.3 Å². The molecule has 0 fully saturated rings. The van der Waals surface area contributed by atoms with Gasteiger partial charge in [-0.3, -0.25) is 14.5 Å². The molecule has 4 aromatic rings. The summed E-state index contributed by atoms with van der Waals surface area (Å²) < 4.78 is 16.9. The van der Waals surface area contributed by atoms with Crippen LogP contribution in [0, 0.1) is 6.92 Å². The number of rotatable bonds is 4. The van der Waals surface area contributed by atoms with Gasteiger partial charge in [0.1, 0.15) is 23.1 Å². The summed E-state index contributed by atoms with van der Waals surface area (Å²) in [6.07, 6.45) is 0. The van der Waals surface area contributed by atoms with Crippen LogP contribution in [-0.2, 0) is 0 Å². The number of thiazole rings is 1. The van der Waals surface area contributed by atoms with E-state index < -0.39 is 11.9 Å². The van der Waals surface area contributed by atoms with Crippen LogP contribution in [0.1, 0.15) is 33.4 Å². The number of benzene rings is 2. The lowest BCUT2D eigenvalue weighted by atomic mass is 9.97. The minimum absolute atomic E-state index is 0.0208. The summed E-state index contributed by atoms with van der Waals surface area (Å²) >= 11 is 7.45. The zero-order valence-electron chi connectivity index (χ0n) is 17.3. The first-order valence-corrected chi connectivity index (χ1v) is 10.9. The Bertz CT molecular complexity index is 1440. The molecule has 0 radical (unpaired) electrons. The average Bonchev–Trinajstić information content (AvgIpc) is 3.34. The van der Waals surface area contributed by atoms with Gasteiger partial charge in [0.05, 0.1) is 30.9 Å². The van der Waals surface area contributed by atoms with Crippen LogP contribution in [0.2, 0.25) is 5.02 Å². The molecule has 162 valence electrons. The standard InChI is InChI=1S/C23H17ClN2O5S/c1-11-10-32-23(25-11)26-19(14-9-13(29-2)5-7-16(14)30-3)18-20(27)15-8-12(24)4-6-17(15)31-21(18)22(26)28/h4-10,19H,1-3H3/t19-/m0/s1. The molecule has 0 bridgehead atoms. The van der Waals surface area contributed by atoms with Crippen LogP contribution < -0.4 is 19.8 Å². The fourth-order valence-corrected chi connectivity index (χ4v) is 4.94. The number of aromatic nitrogens is 1. The Kier molecular flexibility index (Phi) is 4.91. The maximum atomic E-state index is 13.7. The summed E-state index contributed by atoms with van der Waals surface area (Å²) in [6.45, 7) is 1.84. The van der Waals surface area contributed by atoms with Gasteiger partial charge in [0.15, 0.2) is 10.6 Å². The van der Waals surface area contributed by atoms with Crippen molar-refractivity contribution in [3.63, 3.8) is 0 Å². The quantitative estimate of drug-likeness (QED) is 0.420. The van der Waals surface area contributed by atoms with Crippen molar-refractivity contribution in [3.05, 3.63) is 79.6 Å². The molecule has 2 aromatic heterocycles. The van der Waals surface area contributed by atoms with Gasteiger partial charge in [0, 0.05) is 16.0 Å². The van der Waals surface area contributed by atoms with Gasteiger partial charge in [-0.25, -0.2) is 4.98 Å². The Morgan fingerprint density at radius 3 is 2.62 bits per heavy atom. The predicted molar refractivity (Wildman–Crippen MR) is 123 cm³/mol. The molecule has 7 nitrogen and oxygen atoms in total. The van der Waals surface area contributed by atoms with Gasteiger partial charge in [-0.2, -0.15) is 0 Å². The molecular weight excluding hydrogens is 452 g/mol. The largest absolute Gasteiger partial charge is 0.497 e. The maximum Gasteiger partial charge on any atom is 0.297 e. The summed E-state index contributed by atoms with van der Waals surface area (Å²) in [4.78, 5) is 33.2. The lowest BCUT2D eigenvalue weighted by molar-refractivity contribution is 0.0970. The van der Waals surface area contributed by atoms with Crippen molar-refractivity contribution in [3.8, 4) is 11.5 Å². The Balaban J connectivity index is 1.86. The fourth-order valence-electron chi connectivity index (χ4n) is 3.94. The molecule has 1 aliphatic rings. The van der Waals surface area contributed by atoms with Crippen LogP contribution >= 0.6 is 22.9 Å². The number of anilines is 1. The molecule has 9 heteroatoms. The number of carbonyl (C=O) groups is 1. The zero-order valence-corrected chi connectivity index (χ0v) is 18.9. The number of hydrogen-bond donors (Lipinski definition) is 0. The second-order valence-corrected chi connectivity index (χ2v) is 8.54. The highest BCUT2D eigenvalue weighted by Gasteiger charge is 2.46. The Morgan fingerprint density at radius 2 is 1.94 bits per heavy atom. The van der Waals surface area contributed by atoms with Gasteiger partial charge < -0.3 is 13.9 Å². The molecule has 1 amide bonds. The van der Waals surface area contributed by atoms with Crippen molar-refractivity contribution >= 4 is 44.9 Å². The number of fused-ring (bicyclic) bond motifs is 2. The highest BCUT2D eigenvalue weighted by Crippen LogP contribution is 2.45. The molecule has 3 heterocycles. The van der Waals surface area contributed by atoms with Crippen LogP contribution in [0.4, 0.5) is 5.13 Å². The van der Waals surface area contributed by atoms with E-state index in [1.165, 1.54) is 23.3 Å². The van der Waals surface area contributed by atoms with E-state index >= 15 is 0 Å². The molecular formula is C23H17ClN2O5S. The average molecular weight is 469 g/mol. The third kappa shape index (κ3) is 3.06. The summed E-state index contributed by atoms with van der Waals surface area (Å²) in [7, 11) is 3.08. The first kappa shape index (κ1) is 20.5. The lowest BCUT2D eigenvalue weighted by Crippen LogP contribution is -2.29. The van der Waals surface area contributed by atoms with E-state index in [0.717, 1.165) is 5.69 Å². The van der Waals surface area contributed by atoms with E-state index in [2.05, 4.69) is 4.98 Å². The van der Waals surface area contributed by atoms with Gasteiger partial charge in [0.25, 0.3) is 5.91 Å². The summed E-state index contributed by atoms with van der Waals surface area (Å²) in [6, 6.07) is 9.17. The summed E-state index contributed by atoms with van der Waals surface area (Å²) in [5, 5.41) is 3.00. The van der Waals surface area contributed by atoms with Crippen molar-refractivity contribution in [2.24, 2.45) is 0 Å². The van der Waals surface area contributed by atoms with E-state index in [4.69, 9.17) is 25.5 Å². The number of hydrogen-bond acceptors (Lipinski definition) is 7. The minimum atomic E-state index is -0.812. The van der Waals surface area contributed by atoms with Gasteiger partial charge in [0.2, 0.25) is 5.76 Å². The Labute approximate surface area is 191 Å². The summed E-state index contributed by atoms with van der Waals surface area (Å²) in [5.41, 5.74) is 1.52. The van der Waals surface area contributed by atoms with Gasteiger partial charge >= 0.3 is 0 Å². The van der Waals surface area contributed by atoms with Crippen molar-refractivity contribution in [1.82, 2.24) is 4.98 Å². The molecule has 32 heavy (non-hydrogen) atoms. The highest BCUT2D eigenvalue weighted by atomic mass is 35.5. The molecule has 2 aromatic carbocycles. The number of carbonyl (C=O) groups excluding carboxylic acids is 1. The van der Waals surface area contributed by atoms with Gasteiger partial charge in [-0.1, -0.05) is 11.6 Å². The van der Waals surface area contributed by atoms with Crippen LogP contribution in [0.3, 0.4) is 0 Å². The van der Waals surface area contributed by atoms with Crippen LogP contribution in [0.15, 0.2) is 51.0 Å².